The third kappa shape index (κ3) is 11.4. The van der Waals surface area contributed by atoms with E-state index < -0.39 is 0 Å². The Morgan fingerprint density at radius 1 is 1.20 bits per heavy atom. The van der Waals surface area contributed by atoms with E-state index >= 15 is 0 Å². The third-order valence-corrected chi connectivity index (χ3v) is 1.66. The van der Waals surface area contributed by atoms with Crippen molar-refractivity contribution in [1.29, 1.82) is 0 Å². The summed E-state index contributed by atoms with van der Waals surface area (Å²) in [6.45, 7) is 11.7. The van der Waals surface area contributed by atoms with E-state index in [1.807, 2.05) is 13.8 Å². The number of hydrogen-bond donors (Lipinski definition) is 0. The highest BCUT2D eigenvalue weighted by Gasteiger charge is 2.03. The van der Waals surface area contributed by atoms with Crippen LogP contribution in [0.3, 0.4) is 0 Å². The Morgan fingerprint density at radius 3 is 2.40 bits per heavy atom. The zero-order valence-corrected chi connectivity index (χ0v) is 10.7. The molecule has 0 saturated carbocycles. The molecule has 2 nitrogen and oxygen atoms in total. The van der Waals surface area contributed by atoms with Crippen molar-refractivity contribution in [2.45, 2.75) is 53.8 Å². The van der Waals surface area contributed by atoms with Crippen molar-refractivity contribution in [3.63, 3.8) is 0 Å². The minimum Gasteiger partial charge on any atom is -0.353 e. The minimum absolute atomic E-state index is 0.0921. The summed E-state index contributed by atoms with van der Waals surface area (Å²) in [6.07, 6.45) is 1.78. The van der Waals surface area contributed by atoms with Crippen molar-refractivity contribution in [3.8, 4) is 11.8 Å². The Morgan fingerprint density at radius 2 is 1.87 bits per heavy atom. The molecule has 0 rings (SSSR count). The number of hydrogen-bond acceptors (Lipinski definition) is 2. The summed E-state index contributed by atoms with van der Waals surface area (Å²) < 4.78 is 10.7. The van der Waals surface area contributed by atoms with Gasteiger partial charge in [0.2, 0.25) is 0 Å². The molecule has 0 heterocycles. The molecular formula is C13H24O2. The summed E-state index contributed by atoms with van der Waals surface area (Å²) in [5, 5.41) is 0. The fraction of sp³-hybridized carbons (Fsp3) is 0.846. The van der Waals surface area contributed by atoms with Gasteiger partial charge in [0, 0.05) is 18.4 Å². The molecule has 0 bridgehead atoms. The van der Waals surface area contributed by atoms with E-state index in [1.165, 1.54) is 0 Å². The average molecular weight is 212 g/mol. The molecule has 1 atom stereocenters. The van der Waals surface area contributed by atoms with Gasteiger partial charge in [0.05, 0.1) is 6.61 Å². The van der Waals surface area contributed by atoms with Gasteiger partial charge < -0.3 is 9.47 Å². The Hall–Kier alpha value is -0.520. The maximum Gasteiger partial charge on any atom is 0.154 e. The highest BCUT2D eigenvalue weighted by Crippen LogP contribution is 2.10. The molecule has 0 saturated heterocycles. The van der Waals surface area contributed by atoms with Gasteiger partial charge in [0.15, 0.2) is 6.29 Å². The molecule has 2 heteroatoms. The predicted octanol–water partition coefficient (Wildman–Crippen LogP) is 3.22. The smallest absolute Gasteiger partial charge is 0.154 e. The van der Waals surface area contributed by atoms with Crippen LogP contribution >= 0.6 is 0 Å². The molecule has 0 spiro atoms. The predicted molar refractivity (Wildman–Crippen MR) is 63.5 cm³/mol. The first-order valence-corrected chi connectivity index (χ1v) is 5.69. The molecule has 0 aliphatic heterocycles. The van der Waals surface area contributed by atoms with Crippen molar-refractivity contribution < 1.29 is 9.47 Å². The molecule has 0 N–H and O–H groups in total. The molecule has 88 valence electrons. The van der Waals surface area contributed by atoms with Crippen LogP contribution in [0.1, 0.15) is 47.5 Å². The van der Waals surface area contributed by atoms with Crippen LogP contribution in [0.15, 0.2) is 0 Å². The second-order valence-corrected chi connectivity index (χ2v) is 4.55. The monoisotopic (exact) mass is 212 g/mol. The fourth-order valence-electron chi connectivity index (χ4n) is 1.02. The Bertz CT molecular complexity index is 205. The Balaban J connectivity index is 3.42. The summed E-state index contributed by atoms with van der Waals surface area (Å²) in [6, 6.07) is 0. The van der Waals surface area contributed by atoms with Crippen LogP contribution in [0, 0.1) is 17.3 Å². The summed E-state index contributed by atoms with van der Waals surface area (Å²) in [7, 11) is 0. The summed E-state index contributed by atoms with van der Waals surface area (Å²) >= 11 is 0. The van der Waals surface area contributed by atoms with Gasteiger partial charge in [0.25, 0.3) is 0 Å². The maximum absolute atomic E-state index is 5.42. The van der Waals surface area contributed by atoms with Gasteiger partial charge >= 0.3 is 0 Å². The average Bonchev–Trinajstić information content (AvgIpc) is 2.09. The quantitative estimate of drug-likeness (QED) is 0.382. The summed E-state index contributed by atoms with van der Waals surface area (Å²) in [4.78, 5) is 0. The largest absolute Gasteiger partial charge is 0.353 e. The minimum atomic E-state index is -0.0921. The molecule has 1 unspecified atom stereocenters. The van der Waals surface area contributed by atoms with E-state index in [1.54, 1.807) is 0 Å². The molecule has 0 amide bonds. The maximum atomic E-state index is 5.42. The van der Waals surface area contributed by atoms with Gasteiger partial charge in [-0.05, 0) is 41.0 Å². The SMILES string of the molecule is CCOC(C)OCCCC#CC(C)(C)C. The van der Waals surface area contributed by atoms with Crippen LogP contribution in [0.5, 0.6) is 0 Å². The highest BCUT2D eigenvalue weighted by atomic mass is 16.7. The van der Waals surface area contributed by atoms with E-state index in [2.05, 4.69) is 32.6 Å². The third-order valence-electron chi connectivity index (χ3n) is 1.66. The van der Waals surface area contributed by atoms with Gasteiger partial charge in [-0.2, -0.15) is 0 Å². The van der Waals surface area contributed by atoms with Crippen LogP contribution in [0.2, 0.25) is 0 Å². The molecule has 0 aliphatic rings. The normalized spacial score (nSPS) is 13.1. The van der Waals surface area contributed by atoms with Crippen LogP contribution in [0.25, 0.3) is 0 Å². The summed E-state index contributed by atoms with van der Waals surface area (Å²) in [5.74, 6) is 6.36. The van der Waals surface area contributed by atoms with Crippen molar-refractivity contribution in [2.75, 3.05) is 13.2 Å². The Kier molecular flexibility index (Phi) is 7.46. The van der Waals surface area contributed by atoms with E-state index in [9.17, 15) is 0 Å². The zero-order valence-electron chi connectivity index (χ0n) is 10.7. The second kappa shape index (κ2) is 7.73. The number of ether oxygens (including phenoxy) is 2. The van der Waals surface area contributed by atoms with Gasteiger partial charge in [0.1, 0.15) is 0 Å². The van der Waals surface area contributed by atoms with Gasteiger partial charge in [-0.1, -0.05) is 5.92 Å². The lowest BCUT2D eigenvalue weighted by Gasteiger charge is -2.11. The van der Waals surface area contributed by atoms with Crippen LogP contribution < -0.4 is 0 Å². The fourth-order valence-corrected chi connectivity index (χ4v) is 1.02. The number of rotatable bonds is 6. The topological polar surface area (TPSA) is 18.5 Å². The molecule has 0 aromatic heterocycles. The van der Waals surface area contributed by atoms with E-state index in [0.717, 1.165) is 19.4 Å². The highest BCUT2D eigenvalue weighted by molar-refractivity contribution is 5.06. The van der Waals surface area contributed by atoms with Crippen molar-refractivity contribution in [1.82, 2.24) is 0 Å². The van der Waals surface area contributed by atoms with Crippen LogP contribution in [0.4, 0.5) is 0 Å². The van der Waals surface area contributed by atoms with E-state index in [0.29, 0.717) is 6.61 Å². The molecular weight excluding hydrogens is 188 g/mol. The van der Waals surface area contributed by atoms with E-state index in [4.69, 9.17) is 9.47 Å². The first kappa shape index (κ1) is 14.5. The molecule has 0 radical (unpaired) electrons. The van der Waals surface area contributed by atoms with Crippen LogP contribution in [-0.4, -0.2) is 19.5 Å². The van der Waals surface area contributed by atoms with Crippen molar-refractivity contribution >= 4 is 0 Å². The zero-order chi connectivity index (χ0) is 11.7. The molecule has 0 fully saturated rings. The number of unbranched alkanes of at least 4 members (excludes halogenated alkanes) is 1. The first-order valence-electron chi connectivity index (χ1n) is 5.69. The van der Waals surface area contributed by atoms with Crippen molar-refractivity contribution in [3.05, 3.63) is 0 Å². The molecule has 0 aromatic carbocycles. The lowest BCUT2D eigenvalue weighted by molar-refractivity contribution is -0.127. The van der Waals surface area contributed by atoms with Gasteiger partial charge in [-0.15, -0.1) is 5.92 Å². The molecule has 0 aromatic rings. The standard InChI is InChI=1S/C13H24O2/c1-6-14-12(2)15-11-9-7-8-10-13(3,4)5/h12H,6-7,9,11H2,1-5H3. The lowest BCUT2D eigenvalue weighted by Crippen LogP contribution is -2.13. The second-order valence-electron chi connectivity index (χ2n) is 4.55. The van der Waals surface area contributed by atoms with Gasteiger partial charge in [-0.3, -0.25) is 0 Å². The van der Waals surface area contributed by atoms with Crippen LogP contribution in [-0.2, 0) is 9.47 Å². The van der Waals surface area contributed by atoms with Crippen molar-refractivity contribution in [2.24, 2.45) is 5.41 Å². The molecule has 0 aliphatic carbocycles. The molecule has 15 heavy (non-hydrogen) atoms. The Labute approximate surface area is 94.3 Å². The van der Waals surface area contributed by atoms with Gasteiger partial charge in [-0.25, -0.2) is 0 Å². The lowest BCUT2D eigenvalue weighted by atomic mass is 9.98. The van der Waals surface area contributed by atoms with E-state index in [-0.39, 0.29) is 11.7 Å². The first-order chi connectivity index (χ1) is 6.95. The summed E-state index contributed by atoms with van der Waals surface area (Å²) in [5.41, 5.74) is 0.111.